The molecule has 0 aliphatic rings. The maximum atomic E-state index is 5.81. The van der Waals surface area contributed by atoms with E-state index in [1.54, 1.807) is 14.2 Å². The Balaban J connectivity index is 1.68. The van der Waals surface area contributed by atoms with Gasteiger partial charge in [-0.05, 0) is 48.5 Å². The number of hydrogen-bond donors (Lipinski definition) is 0. The fraction of sp³-hybridized carbons (Fsp3) is 0.100. The minimum atomic E-state index is 0.718. The van der Waals surface area contributed by atoms with Crippen LogP contribution in [-0.2, 0) is 0 Å². The molecule has 0 aromatic heterocycles. The molecule has 0 N–H and O–H groups in total. The van der Waals surface area contributed by atoms with Gasteiger partial charge in [0.05, 0.1) is 14.2 Å². The molecule has 3 aromatic rings. The summed E-state index contributed by atoms with van der Waals surface area (Å²) in [6.07, 6.45) is 0. The minimum Gasteiger partial charge on any atom is -0.497 e. The van der Waals surface area contributed by atoms with Gasteiger partial charge in [-0.15, -0.1) is 0 Å². The molecule has 3 rings (SSSR count). The van der Waals surface area contributed by atoms with Gasteiger partial charge in [-0.3, -0.25) is 0 Å². The van der Waals surface area contributed by atoms with Crippen LogP contribution in [0.5, 0.6) is 34.5 Å². The fourth-order valence-electron chi connectivity index (χ4n) is 2.18. The van der Waals surface area contributed by atoms with Gasteiger partial charge in [0, 0.05) is 12.1 Å². The van der Waals surface area contributed by atoms with Crippen molar-refractivity contribution < 1.29 is 18.9 Å². The van der Waals surface area contributed by atoms with E-state index in [9.17, 15) is 0 Å². The number of benzene rings is 3. The molecule has 0 bridgehead atoms. The average Bonchev–Trinajstić information content (AvgIpc) is 2.64. The molecule has 0 saturated heterocycles. The molecule has 3 aromatic carbocycles. The first kappa shape index (κ1) is 15.7. The van der Waals surface area contributed by atoms with E-state index in [0.717, 1.165) is 34.5 Å². The highest BCUT2D eigenvalue weighted by Crippen LogP contribution is 2.29. The van der Waals surface area contributed by atoms with Crippen molar-refractivity contribution in [1.82, 2.24) is 0 Å². The lowest BCUT2D eigenvalue weighted by molar-refractivity contribution is 0.407. The van der Waals surface area contributed by atoms with Crippen LogP contribution in [0.25, 0.3) is 0 Å². The van der Waals surface area contributed by atoms with Crippen LogP contribution in [0.1, 0.15) is 0 Å². The summed E-state index contributed by atoms with van der Waals surface area (Å²) in [4.78, 5) is 0. The van der Waals surface area contributed by atoms with Crippen LogP contribution in [0.4, 0.5) is 0 Å². The first-order chi connectivity index (χ1) is 11.8. The molecule has 0 saturated carbocycles. The molecular weight excluding hydrogens is 304 g/mol. The second-order valence-electron chi connectivity index (χ2n) is 5.03. The molecule has 0 aliphatic carbocycles. The molecule has 0 spiro atoms. The molecule has 24 heavy (non-hydrogen) atoms. The van der Waals surface area contributed by atoms with Crippen molar-refractivity contribution in [2.75, 3.05) is 14.2 Å². The quantitative estimate of drug-likeness (QED) is 0.618. The normalized spacial score (nSPS) is 10.1. The Morgan fingerprint density at radius 2 is 0.833 bits per heavy atom. The van der Waals surface area contributed by atoms with Crippen molar-refractivity contribution in [3.63, 3.8) is 0 Å². The van der Waals surface area contributed by atoms with E-state index in [0.29, 0.717) is 0 Å². The molecular formula is C20H18O4. The van der Waals surface area contributed by atoms with Crippen LogP contribution in [-0.4, -0.2) is 14.2 Å². The van der Waals surface area contributed by atoms with Crippen molar-refractivity contribution in [2.24, 2.45) is 0 Å². The molecule has 4 heteroatoms. The van der Waals surface area contributed by atoms with E-state index in [-0.39, 0.29) is 0 Å². The van der Waals surface area contributed by atoms with Gasteiger partial charge in [-0.2, -0.15) is 0 Å². The van der Waals surface area contributed by atoms with Gasteiger partial charge in [-0.25, -0.2) is 0 Å². The number of rotatable bonds is 6. The second-order valence-corrected chi connectivity index (χ2v) is 5.03. The monoisotopic (exact) mass is 322 g/mol. The Labute approximate surface area is 141 Å². The molecule has 4 nitrogen and oxygen atoms in total. The largest absolute Gasteiger partial charge is 0.497 e. The average molecular weight is 322 g/mol. The van der Waals surface area contributed by atoms with Crippen molar-refractivity contribution in [3.05, 3.63) is 72.8 Å². The number of hydrogen-bond acceptors (Lipinski definition) is 4. The molecule has 0 heterocycles. The predicted octanol–water partition coefficient (Wildman–Crippen LogP) is 5.29. The third kappa shape index (κ3) is 3.98. The molecule has 0 amide bonds. The van der Waals surface area contributed by atoms with Crippen molar-refractivity contribution in [2.45, 2.75) is 0 Å². The van der Waals surface area contributed by atoms with Crippen LogP contribution < -0.4 is 18.9 Å². The summed E-state index contributed by atoms with van der Waals surface area (Å²) < 4.78 is 22.0. The molecule has 122 valence electrons. The molecule has 0 atom stereocenters. The summed E-state index contributed by atoms with van der Waals surface area (Å²) in [7, 11) is 3.26. The van der Waals surface area contributed by atoms with Crippen LogP contribution >= 0.6 is 0 Å². The van der Waals surface area contributed by atoms with Gasteiger partial charge in [0.25, 0.3) is 0 Å². The predicted molar refractivity (Wildman–Crippen MR) is 92.6 cm³/mol. The van der Waals surface area contributed by atoms with Crippen LogP contribution in [0.2, 0.25) is 0 Å². The highest BCUT2D eigenvalue weighted by molar-refractivity contribution is 5.41. The zero-order chi connectivity index (χ0) is 16.8. The maximum Gasteiger partial charge on any atom is 0.131 e. The number of methoxy groups -OCH3 is 2. The third-order valence-electron chi connectivity index (χ3n) is 3.38. The van der Waals surface area contributed by atoms with Gasteiger partial charge in [-0.1, -0.05) is 12.1 Å². The molecule has 0 aliphatic heterocycles. The summed E-state index contributed by atoms with van der Waals surface area (Å²) in [5, 5.41) is 0. The highest BCUT2D eigenvalue weighted by atomic mass is 16.5. The van der Waals surface area contributed by atoms with Crippen LogP contribution in [0.15, 0.2) is 72.8 Å². The smallest absolute Gasteiger partial charge is 0.131 e. The summed E-state index contributed by atoms with van der Waals surface area (Å²) in [5.74, 6) is 4.39. The van der Waals surface area contributed by atoms with Crippen molar-refractivity contribution in [3.8, 4) is 34.5 Å². The maximum absolute atomic E-state index is 5.81. The fourth-order valence-corrected chi connectivity index (χ4v) is 2.18. The van der Waals surface area contributed by atoms with Crippen LogP contribution in [0.3, 0.4) is 0 Å². The lowest BCUT2D eigenvalue weighted by Gasteiger charge is -2.09. The second kappa shape index (κ2) is 7.42. The highest BCUT2D eigenvalue weighted by Gasteiger charge is 2.02. The topological polar surface area (TPSA) is 36.9 Å². The van der Waals surface area contributed by atoms with Gasteiger partial charge >= 0.3 is 0 Å². The van der Waals surface area contributed by atoms with Crippen molar-refractivity contribution in [1.29, 1.82) is 0 Å². The minimum absolute atomic E-state index is 0.718. The molecule has 0 radical (unpaired) electrons. The van der Waals surface area contributed by atoms with Gasteiger partial charge in [0.1, 0.15) is 34.5 Å². The SMILES string of the molecule is COc1cccc(Oc2ccc(Oc3cccc(OC)c3)cc2)c1. The van der Waals surface area contributed by atoms with E-state index < -0.39 is 0 Å². The van der Waals surface area contributed by atoms with E-state index in [2.05, 4.69) is 0 Å². The summed E-state index contributed by atoms with van der Waals surface area (Å²) in [6, 6.07) is 22.4. The third-order valence-corrected chi connectivity index (χ3v) is 3.38. The first-order valence-corrected chi connectivity index (χ1v) is 7.51. The van der Waals surface area contributed by atoms with Gasteiger partial charge in [0.15, 0.2) is 0 Å². The van der Waals surface area contributed by atoms with Gasteiger partial charge < -0.3 is 18.9 Å². The van der Waals surface area contributed by atoms with E-state index >= 15 is 0 Å². The Bertz CT molecular complexity index is 728. The Morgan fingerprint density at radius 1 is 0.458 bits per heavy atom. The Morgan fingerprint density at radius 3 is 1.21 bits per heavy atom. The zero-order valence-electron chi connectivity index (χ0n) is 13.6. The van der Waals surface area contributed by atoms with E-state index in [1.807, 2.05) is 72.8 Å². The molecule has 0 fully saturated rings. The summed E-state index contributed by atoms with van der Waals surface area (Å²) in [5.41, 5.74) is 0. The molecule has 0 unspecified atom stereocenters. The summed E-state index contributed by atoms with van der Waals surface area (Å²) >= 11 is 0. The first-order valence-electron chi connectivity index (χ1n) is 7.51. The van der Waals surface area contributed by atoms with E-state index in [1.165, 1.54) is 0 Å². The zero-order valence-corrected chi connectivity index (χ0v) is 13.6. The van der Waals surface area contributed by atoms with E-state index in [4.69, 9.17) is 18.9 Å². The summed E-state index contributed by atoms with van der Waals surface area (Å²) in [6.45, 7) is 0. The lowest BCUT2D eigenvalue weighted by Crippen LogP contribution is -1.88. The Kier molecular flexibility index (Phi) is 4.87. The Hall–Kier alpha value is -3.14. The van der Waals surface area contributed by atoms with Crippen LogP contribution in [0, 0.1) is 0 Å². The van der Waals surface area contributed by atoms with Gasteiger partial charge in [0.2, 0.25) is 0 Å². The lowest BCUT2D eigenvalue weighted by atomic mass is 10.3. The standard InChI is InChI=1S/C20H18O4/c1-21-17-5-3-7-19(13-17)23-15-9-11-16(12-10-15)24-20-8-4-6-18(14-20)22-2/h3-14H,1-2H3. The number of ether oxygens (including phenoxy) is 4. The van der Waals surface area contributed by atoms with Crippen molar-refractivity contribution >= 4 is 0 Å².